The summed E-state index contributed by atoms with van der Waals surface area (Å²) >= 11 is 0. The molecule has 0 spiro atoms. The average Bonchev–Trinajstić information content (AvgIpc) is 2.15. The second-order valence-electron chi connectivity index (χ2n) is 11.6. The van der Waals surface area contributed by atoms with Crippen molar-refractivity contribution in [3.8, 4) is 0 Å². The van der Waals surface area contributed by atoms with Crippen LogP contribution in [0.5, 0.6) is 0 Å². The minimum absolute atomic E-state index is 0.734. The average molecular weight is 519 g/mol. The minimum Gasteiger partial charge on any atom is -0.458 e. The fourth-order valence-corrected chi connectivity index (χ4v) is 22.3. The van der Waals surface area contributed by atoms with Gasteiger partial charge in [-0.3, -0.25) is 0 Å². The zero-order valence-electron chi connectivity index (χ0n) is 22.4. The van der Waals surface area contributed by atoms with Gasteiger partial charge in [0.15, 0.2) is 51.4 Å². The summed E-state index contributed by atoms with van der Waals surface area (Å²) in [6.07, 6.45) is 0. The Kier molecular flexibility index (Phi) is 17.5. The van der Waals surface area contributed by atoms with Gasteiger partial charge in [-0.25, -0.2) is 0 Å². The summed E-state index contributed by atoms with van der Waals surface area (Å²) in [4.78, 5) is 0. The normalized spacial score (nSPS) is 13.3. The first-order chi connectivity index (χ1) is 11.9. The number of hydrogen-bond donors (Lipinski definition) is 0. The van der Waals surface area contributed by atoms with Crippen molar-refractivity contribution in [2.45, 2.75) is 111 Å². The van der Waals surface area contributed by atoms with Crippen LogP contribution in [0.4, 0.5) is 0 Å². The highest BCUT2D eigenvalue weighted by atomic mass is 28.4. The van der Waals surface area contributed by atoms with Crippen LogP contribution in [0.3, 0.4) is 0 Å². The van der Waals surface area contributed by atoms with Gasteiger partial charge in [-0.2, -0.15) is 0 Å². The third-order valence-corrected chi connectivity index (χ3v) is 20.0. The smallest absolute Gasteiger partial charge is 0.297 e. The molecule has 0 aromatic heterocycles. The lowest BCUT2D eigenvalue weighted by Gasteiger charge is -2.28. The molecule has 0 aromatic carbocycles. The van der Waals surface area contributed by atoms with Crippen molar-refractivity contribution in [3.63, 3.8) is 0 Å². The van der Waals surface area contributed by atoms with Crippen LogP contribution < -0.4 is 0 Å². The lowest BCUT2D eigenvalue weighted by atomic mass is 11.8. The lowest BCUT2D eigenvalue weighted by Crippen LogP contribution is -2.41. The van der Waals surface area contributed by atoms with E-state index in [1.807, 2.05) is 0 Å². The Morgan fingerprint density at radius 1 is 0.357 bits per heavy atom. The molecule has 0 rings (SSSR count). The van der Waals surface area contributed by atoms with E-state index in [4.69, 9.17) is 16.5 Å². The molecule has 0 radical (unpaired) electrons. The van der Waals surface area contributed by atoms with Crippen molar-refractivity contribution >= 4 is 60.6 Å². The highest BCUT2D eigenvalue weighted by Gasteiger charge is 2.24. The standard InChI is InChI=1S/C7H22O2Si3.2C5H16OSi2/c1-10(8-11(2,3)4)9-12(5,6)7;2*1-7(2)6-8(3,4)5/h10H,1-7H3;2*7H,1-5H3. The summed E-state index contributed by atoms with van der Waals surface area (Å²) < 4.78 is 23.2. The van der Waals surface area contributed by atoms with Gasteiger partial charge in [0.1, 0.15) is 0 Å². The number of rotatable bonds is 8. The molecule has 0 unspecified atom stereocenters. The van der Waals surface area contributed by atoms with E-state index in [-0.39, 0.29) is 0 Å². The highest BCUT2D eigenvalue weighted by molar-refractivity contribution is 6.80. The SMILES string of the molecule is C[SiH](C)O[Si](C)(C)C.C[SiH](C)O[Si](C)(C)C.C[SiH](O[Si](C)(C)C)O[Si](C)(C)C. The molecule has 0 aliphatic heterocycles. The summed E-state index contributed by atoms with van der Waals surface area (Å²) in [5, 5.41) is 0. The van der Waals surface area contributed by atoms with Gasteiger partial charge in [-0.15, -0.1) is 0 Å². The molecule has 0 saturated heterocycles. The Labute approximate surface area is 187 Å². The van der Waals surface area contributed by atoms with Gasteiger partial charge in [0.2, 0.25) is 0 Å². The van der Waals surface area contributed by atoms with Crippen molar-refractivity contribution in [2.24, 2.45) is 0 Å². The molecule has 28 heavy (non-hydrogen) atoms. The molecule has 0 saturated carbocycles. The quantitative estimate of drug-likeness (QED) is 0.359. The van der Waals surface area contributed by atoms with Crippen LogP contribution in [-0.4, -0.2) is 60.6 Å². The van der Waals surface area contributed by atoms with Gasteiger partial charge in [0, 0.05) is 0 Å². The van der Waals surface area contributed by atoms with E-state index in [1.54, 1.807) is 0 Å². The fraction of sp³-hybridized carbons (Fsp3) is 1.00. The molecule has 4 nitrogen and oxygen atoms in total. The maximum atomic E-state index is 5.90. The Morgan fingerprint density at radius 3 is 0.607 bits per heavy atom. The second kappa shape index (κ2) is 14.4. The molecule has 0 bridgehead atoms. The second-order valence-corrected chi connectivity index (χ2v) is 37.6. The fourth-order valence-electron chi connectivity index (χ4n) is 2.43. The van der Waals surface area contributed by atoms with Crippen LogP contribution in [-0.2, 0) is 16.5 Å². The first-order valence-corrected chi connectivity index (χ1v) is 31.9. The predicted octanol–water partition coefficient (Wildman–Crippen LogP) is 6.18. The first kappa shape index (κ1) is 34.0. The Balaban J connectivity index is -0.000000347. The van der Waals surface area contributed by atoms with Crippen LogP contribution in [0, 0.1) is 0 Å². The molecule has 174 valence electrons. The summed E-state index contributed by atoms with van der Waals surface area (Å²) in [7, 11) is -7.84. The van der Waals surface area contributed by atoms with Gasteiger partial charge in [0.05, 0.1) is 0 Å². The zero-order valence-corrected chi connectivity index (χ0v) is 29.8. The monoisotopic (exact) mass is 518 g/mol. The summed E-state index contributed by atoms with van der Waals surface area (Å²) in [5.41, 5.74) is 0. The third-order valence-electron chi connectivity index (χ3n) is 2.22. The number of hydrogen-bond acceptors (Lipinski definition) is 4. The highest BCUT2D eigenvalue weighted by Crippen LogP contribution is 2.11. The van der Waals surface area contributed by atoms with Crippen molar-refractivity contribution in [1.82, 2.24) is 0 Å². The van der Waals surface area contributed by atoms with Gasteiger partial charge in [-0.05, 0) is 111 Å². The van der Waals surface area contributed by atoms with Crippen LogP contribution in [0.2, 0.25) is 111 Å². The molecule has 0 atom stereocenters. The van der Waals surface area contributed by atoms with Crippen molar-refractivity contribution < 1.29 is 16.5 Å². The maximum absolute atomic E-state index is 5.90. The lowest BCUT2D eigenvalue weighted by molar-refractivity contribution is 0.428. The first-order valence-electron chi connectivity index (χ1n) is 10.6. The van der Waals surface area contributed by atoms with E-state index in [0.29, 0.717) is 0 Å². The summed E-state index contributed by atoms with van der Waals surface area (Å²) in [6.45, 7) is 37.7. The van der Waals surface area contributed by atoms with E-state index < -0.39 is 60.6 Å². The van der Waals surface area contributed by atoms with E-state index >= 15 is 0 Å². The Morgan fingerprint density at radius 2 is 0.536 bits per heavy atom. The minimum atomic E-state index is -1.36. The molecule has 0 aromatic rings. The largest absolute Gasteiger partial charge is 0.458 e. The molecule has 0 aliphatic rings. The van der Waals surface area contributed by atoms with Crippen molar-refractivity contribution in [3.05, 3.63) is 0 Å². The molecule has 11 heteroatoms. The maximum Gasteiger partial charge on any atom is 0.297 e. The van der Waals surface area contributed by atoms with E-state index in [1.165, 1.54) is 0 Å². The van der Waals surface area contributed by atoms with E-state index in [2.05, 4.69) is 111 Å². The van der Waals surface area contributed by atoms with Gasteiger partial charge in [-0.1, -0.05) is 0 Å². The van der Waals surface area contributed by atoms with Crippen LogP contribution in [0.25, 0.3) is 0 Å². The van der Waals surface area contributed by atoms with Crippen LogP contribution in [0.15, 0.2) is 0 Å². The van der Waals surface area contributed by atoms with E-state index in [9.17, 15) is 0 Å². The Bertz CT molecular complexity index is 345. The predicted molar refractivity (Wildman–Crippen MR) is 148 cm³/mol. The molecule has 0 aliphatic carbocycles. The zero-order chi connectivity index (χ0) is 23.6. The topological polar surface area (TPSA) is 36.9 Å². The molecule has 0 N–H and O–H groups in total. The van der Waals surface area contributed by atoms with Crippen LogP contribution >= 0.6 is 0 Å². The Hall–Kier alpha value is 1.36. The summed E-state index contributed by atoms with van der Waals surface area (Å²) in [6, 6.07) is 0. The summed E-state index contributed by atoms with van der Waals surface area (Å²) in [5.74, 6) is 0. The molecular formula is C17H54O4Si7. The van der Waals surface area contributed by atoms with Gasteiger partial charge in [0.25, 0.3) is 9.28 Å². The van der Waals surface area contributed by atoms with Gasteiger partial charge < -0.3 is 16.5 Å². The molecule has 0 heterocycles. The molecular weight excluding hydrogens is 465 g/mol. The van der Waals surface area contributed by atoms with Gasteiger partial charge >= 0.3 is 0 Å². The third kappa shape index (κ3) is 41.7. The van der Waals surface area contributed by atoms with Crippen molar-refractivity contribution in [1.29, 1.82) is 0 Å². The molecule has 0 amide bonds. The molecule has 0 fully saturated rings. The van der Waals surface area contributed by atoms with E-state index in [0.717, 1.165) is 0 Å². The van der Waals surface area contributed by atoms with Crippen LogP contribution in [0.1, 0.15) is 0 Å². The van der Waals surface area contributed by atoms with Crippen molar-refractivity contribution in [2.75, 3.05) is 0 Å².